The summed E-state index contributed by atoms with van der Waals surface area (Å²) in [5.74, 6) is -0.411. The first kappa shape index (κ1) is 18.6. The van der Waals surface area contributed by atoms with Crippen LogP contribution in [0.4, 0.5) is 23.7 Å². The van der Waals surface area contributed by atoms with E-state index in [9.17, 15) is 18.0 Å². The van der Waals surface area contributed by atoms with E-state index in [4.69, 9.17) is 4.74 Å². The van der Waals surface area contributed by atoms with E-state index in [-0.39, 0.29) is 18.6 Å². The number of hydrogen-bond donors (Lipinski definition) is 2. The number of imidazole rings is 1. The minimum Gasteiger partial charge on any atom is -0.497 e. The Morgan fingerprint density at radius 1 is 1.19 bits per heavy atom. The van der Waals surface area contributed by atoms with Gasteiger partial charge in [-0.15, -0.1) is 0 Å². The number of hydrogen-bond acceptors (Lipinski definition) is 3. The fourth-order valence-corrected chi connectivity index (χ4v) is 2.68. The molecule has 142 valence electrons. The standard InChI is InChI=1S/C18H17F3N4O2/c1-27-13-6-4-5-12(11-13)23-17(26)22-9-10-25-15-8-3-2-7-14(15)24-16(25)18(19,20)21/h2-8,11H,9-10H2,1H3,(H2,22,23,26). The van der Waals surface area contributed by atoms with Crippen LogP contribution in [0.1, 0.15) is 5.82 Å². The first-order valence-electron chi connectivity index (χ1n) is 8.10. The van der Waals surface area contributed by atoms with Gasteiger partial charge in [-0.3, -0.25) is 0 Å². The number of methoxy groups -OCH3 is 1. The molecule has 0 fully saturated rings. The van der Waals surface area contributed by atoms with Gasteiger partial charge in [0.25, 0.3) is 0 Å². The Balaban J connectivity index is 1.67. The van der Waals surface area contributed by atoms with Gasteiger partial charge in [0, 0.05) is 24.8 Å². The molecule has 0 spiro atoms. The van der Waals surface area contributed by atoms with Crippen LogP contribution < -0.4 is 15.4 Å². The fourth-order valence-electron chi connectivity index (χ4n) is 2.68. The van der Waals surface area contributed by atoms with Crippen LogP contribution in [0.25, 0.3) is 11.0 Å². The van der Waals surface area contributed by atoms with Crippen molar-refractivity contribution < 1.29 is 22.7 Å². The second-order valence-corrected chi connectivity index (χ2v) is 5.69. The Hall–Kier alpha value is -3.23. The van der Waals surface area contributed by atoms with E-state index in [0.717, 1.165) is 4.57 Å². The van der Waals surface area contributed by atoms with Gasteiger partial charge in [0.1, 0.15) is 5.75 Å². The highest BCUT2D eigenvalue weighted by atomic mass is 19.4. The maximum absolute atomic E-state index is 13.2. The highest BCUT2D eigenvalue weighted by Crippen LogP contribution is 2.31. The molecule has 0 radical (unpaired) electrons. The molecule has 1 heterocycles. The summed E-state index contributed by atoms with van der Waals surface area (Å²) in [7, 11) is 1.51. The lowest BCUT2D eigenvalue weighted by atomic mass is 10.3. The lowest BCUT2D eigenvalue weighted by Crippen LogP contribution is -2.32. The zero-order valence-corrected chi connectivity index (χ0v) is 14.4. The zero-order chi connectivity index (χ0) is 19.4. The third kappa shape index (κ3) is 4.30. The Bertz CT molecular complexity index is 953. The number of rotatable bonds is 5. The minimum atomic E-state index is -4.58. The highest BCUT2D eigenvalue weighted by molar-refractivity contribution is 5.89. The smallest absolute Gasteiger partial charge is 0.449 e. The molecular weight excluding hydrogens is 361 g/mol. The summed E-state index contributed by atoms with van der Waals surface area (Å²) >= 11 is 0. The summed E-state index contributed by atoms with van der Waals surface area (Å²) < 4.78 is 45.8. The number of nitrogens with zero attached hydrogens (tertiary/aromatic N) is 2. The van der Waals surface area contributed by atoms with Crippen molar-refractivity contribution in [1.29, 1.82) is 0 Å². The van der Waals surface area contributed by atoms with Crippen molar-refractivity contribution >= 4 is 22.8 Å². The van der Waals surface area contributed by atoms with E-state index in [0.29, 0.717) is 17.0 Å². The van der Waals surface area contributed by atoms with Crippen molar-refractivity contribution in [2.75, 3.05) is 19.0 Å². The predicted octanol–water partition coefficient (Wildman–Crippen LogP) is 3.89. The summed E-state index contributed by atoms with van der Waals surface area (Å²) in [5.41, 5.74) is 1.13. The average Bonchev–Trinajstić information content (AvgIpc) is 3.01. The number of amides is 2. The predicted molar refractivity (Wildman–Crippen MR) is 94.8 cm³/mol. The van der Waals surface area contributed by atoms with Gasteiger partial charge in [0.2, 0.25) is 5.82 Å². The summed E-state index contributed by atoms with van der Waals surface area (Å²) in [6, 6.07) is 12.6. The van der Waals surface area contributed by atoms with Crippen molar-refractivity contribution in [3.8, 4) is 5.75 Å². The number of ether oxygens (including phenoxy) is 1. The molecule has 1 aromatic heterocycles. The van der Waals surface area contributed by atoms with Crippen molar-refractivity contribution in [3.63, 3.8) is 0 Å². The molecule has 0 bridgehead atoms. The van der Waals surface area contributed by atoms with E-state index >= 15 is 0 Å². The molecule has 27 heavy (non-hydrogen) atoms. The van der Waals surface area contributed by atoms with Gasteiger partial charge in [-0.2, -0.15) is 13.2 Å². The summed E-state index contributed by atoms with van der Waals surface area (Å²) in [4.78, 5) is 15.6. The molecule has 2 amide bonds. The van der Waals surface area contributed by atoms with Crippen molar-refractivity contribution in [2.24, 2.45) is 0 Å². The average molecular weight is 378 g/mol. The number of carbonyl (C=O) groups excluding carboxylic acids is 1. The SMILES string of the molecule is COc1cccc(NC(=O)NCCn2c(C(F)(F)F)nc3ccccc32)c1. The molecule has 2 aromatic carbocycles. The second kappa shape index (κ2) is 7.56. The van der Waals surface area contributed by atoms with Gasteiger partial charge >= 0.3 is 12.2 Å². The highest BCUT2D eigenvalue weighted by Gasteiger charge is 2.37. The number of aromatic nitrogens is 2. The van der Waals surface area contributed by atoms with Gasteiger partial charge in [-0.25, -0.2) is 9.78 Å². The van der Waals surface area contributed by atoms with Gasteiger partial charge in [0.15, 0.2) is 0 Å². The number of fused-ring (bicyclic) bond motifs is 1. The van der Waals surface area contributed by atoms with E-state index in [2.05, 4.69) is 15.6 Å². The molecule has 0 aliphatic heterocycles. The number of anilines is 1. The number of para-hydroxylation sites is 2. The van der Waals surface area contributed by atoms with Crippen LogP contribution in [0.2, 0.25) is 0 Å². The Morgan fingerprint density at radius 3 is 2.70 bits per heavy atom. The monoisotopic (exact) mass is 378 g/mol. The van der Waals surface area contributed by atoms with Crippen LogP contribution in [0.15, 0.2) is 48.5 Å². The van der Waals surface area contributed by atoms with Crippen LogP contribution in [0.3, 0.4) is 0 Å². The van der Waals surface area contributed by atoms with Crippen molar-refractivity contribution in [2.45, 2.75) is 12.7 Å². The van der Waals surface area contributed by atoms with E-state index in [1.54, 1.807) is 42.5 Å². The maximum Gasteiger partial charge on any atom is 0.449 e. The van der Waals surface area contributed by atoms with Crippen LogP contribution in [-0.2, 0) is 12.7 Å². The van der Waals surface area contributed by atoms with Gasteiger partial charge in [0.05, 0.1) is 18.1 Å². The Kier molecular flexibility index (Phi) is 5.20. The summed E-state index contributed by atoms with van der Waals surface area (Å²) in [6.45, 7) is -0.0693. The molecule has 0 atom stereocenters. The molecule has 3 rings (SSSR count). The normalized spacial score (nSPS) is 11.4. The molecule has 0 saturated carbocycles. The van der Waals surface area contributed by atoms with Crippen molar-refractivity contribution in [3.05, 3.63) is 54.4 Å². The van der Waals surface area contributed by atoms with E-state index in [1.165, 1.54) is 13.2 Å². The molecule has 0 saturated heterocycles. The van der Waals surface area contributed by atoms with Gasteiger partial charge in [-0.05, 0) is 24.3 Å². The van der Waals surface area contributed by atoms with E-state index < -0.39 is 18.0 Å². The third-order valence-electron chi connectivity index (χ3n) is 3.86. The largest absolute Gasteiger partial charge is 0.497 e. The summed E-state index contributed by atoms with van der Waals surface area (Å²) in [6.07, 6.45) is -4.58. The molecule has 3 aromatic rings. The van der Waals surface area contributed by atoms with Gasteiger partial charge in [-0.1, -0.05) is 18.2 Å². The molecule has 9 heteroatoms. The number of benzene rings is 2. The lowest BCUT2D eigenvalue weighted by Gasteiger charge is -2.13. The quantitative estimate of drug-likeness (QED) is 0.708. The van der Waals surface area contributed by atoms with Crippen LogP contribution in [0, 0.1) is 0 Å². The first-order valence-corrected chi connectivity index (χ1v) is 8.10. The lowest BCUT2D eigenvalue weighted by molar-refractivity contribution is -0.146. The first-order chi connectivity index (χ1) is 12.9. The molecule has 2 N–H and O–H groups in total. The topological polar surface area (TPSA) is 68.2 Å². The number of nitrogens with one attached hydrogen (secondary N) is 2. The molecule has 0 unspecified atom stereocenters. The molecule has 6 nitrogen and oxygen atoms in total. The van der Waals surface area contributed by atoms with Gasteiger partial charge < -0.3 is 19.9 Å². The number of urea groups is 1. The fraction of sp³-hybridized carbons (Fsp3) is 0.222. The minimum absolute atomic E-state index is 0.000758. The number of halogens is 3. The zero-order valence-electron chi connectivity index (χ0n) is 14.4. The van der Waals surface area contributed by atoms with Crippen LogP contribution in [-0.4, -0.2) is 29.2 Å². The van der Waals surface area contributed by atoms with Crippen LogP contribution in [0.5, 0.6) is 5.75 Å². The second-order valence-electron chi connectivity index (χ2n) is 5.69. The Morgan fingerprint density at radius 2 is 1.96 bits per heavy atom. The number of alkyl halides is 3. The molecule has 0 aliphatic rings. The number of carbonyl (C=O) groups is 1. The van der Waals surface area contributed by atoms with E-state index in [1.807, 2.05) is 0 Å². The molecule has 0 aliphatic carbocycles. The summed E-state index contributed by atoms with van der Waals surface area (Å²) in [5, 5.41) is 5.15. The Labute approximate surface area is 153 Å². The third-order valence-corrected chi connectivity index (χ3v) is 3.86. The molecular formula is C18H17F3N4O2. The maximum atomic E-state index is 13.2. The van der Waals surface area contributed by atoms with Crippen LogP contribution >= 0.6 is 0 Å². The van der Waals surface area contributed by atoms with Crippen molar-refractivity contribution in [1.82, 2.24) is 14.9 Å².